The van der Waals surface area contributed by atoms with Gasteiger partial charge in [0.05, 0.1) is 6.42 Å². The highest BCUT2D eigenvalue weighted by Gasteiger charge is 2.01. The first kappa shape index (κ1) is 10.6. The average molecular weight is 167 g/mol. The number of amides is 1. The summed E-state index contributed by atoms with van der Waals surface area (Å²) < 4.78 is 0. The number of allylic oxidation sites excluding steroid dienone is 1. The molecule has 0 aromatic carbocycles. The van der Waals surface area contributed by atoms with E-state index in [1.807, 2.05) is 6.92 Å². The molecule has 0 unspecified atom stereocenters. The van der Waals surface area contributed by atoms with E-state index < -0.39 is 0 Å². The van der Waals surface area contributed by atoms with Crippen molar-refractivity contribution in [3.05, 3.63) is 12.3 Å². The molecule has 1 amide bonds. The van der Waals surface area contributed by atoms with Crippen LogP contribution in [0.3, 0.4) is 0 Å². The second kappa shape index (κ2) is 6.27. The lowest BCUT2D eigenvalue weighted by Gasteiger charge is -1.96. The van der Waals surface area contributed by atoms with Crippen molar-refractivity contribution in [1.82, 2.24) is 5.32 Å². The van der Waals surface area contributed by atoms with Crippen LogP contribution in [0.4, 0.5) is 0 Å². The van der Waals surface area contributed by atoms with Crippen molar-refractivity contribution in [3.63, 3.8) is 0 Å². The molecule has 0 saturated carbocycles. The van der Waals surface area contributed by atoms with Gasteiger partial charge in [0, 0.05) is 13.2 Å². The summed E-state index contributed by atoms with van der Waals surface area (Å²) in [6, 6.07) is 0. The maximum atomic E-state index is 10.8. The Morgan fingerprint density at radius 2 is 2.33 bits per heavy atom. The molecule has 0 aromatic rings. The summed E-state index contributed by atoms with van der Waals surface area (Å²) in [4.78, 5) is 18.3. The summed E-state index contributed by atoms with van der Waals surface area (Å²) in [5.74, 6) is 0.304. The lowest BCUT2D eigenvalue weighted by atomic mass is 10.4. The Hall–Kier alpha value is -1.45. The summed E-state index contributed by atoms with van der Waals surface area (Å²) >= 11 is 0. The third-order valence-corrected chi connectivity index (χ3v) is 1.15. The molecular formula is C8H13N3O. The van der Waals surface area contributed by atoms with E-state index in [-0.39, 0.29) is 12.3 Å². The van der Waals surface area contributed by atoms with Gasteiger partial charge in [-0.2, -0.15) is 0 Å². The molecule has 4 heteroatoms. The van der Waals surface area contributed by atoms with Gasteiger partial charge >= 0.3 is 0 Å². The zero-order valence-corrected chi connectivity index (χ0v) is 7.37. The standard InChI is InChI=1S/C8H13N3O/c1-4-5-11-7(9-2)6-8(12)10-3/h4-5H,2,6H2,1,3H3,(H,10,12)/b5-4-,11-7?. The third-order valence-electron chi connectivity index (χ3n) is 1.15. The van der Waals surface area contributed by atoms with Gasteiger partial charge in [0.1, 0.15) is 5.84 Å². The predicted octanol–water partition coefficient (Wildman–Crippen LogP) is 0.755. The van der Waals surface area contributed by atoms with Crippen LogP contribution >= 0.6 is 0 Å². The fraction of sp³-hybridized carbons (Fsp3) is 0.375. The Kier molecular flexibility index (Phi) is 5.51. The van der Waals surface area contributed by atoms with E-state index in [0.29, 0.717) is 5.84 Å². The van der Waals surface area contributed by atoms with Gasteiger partial charge in [-0.15, -0.1) is 0 Å². The Labute approximate surface area is 72.1 Å². The van der Waals surface area contributed by atoms with Crippen LogP contribution in [0.25, 0.3) is 0 Å². The third kappa shape index (κ3) is 4.38. The molecule has 0 aliphatic carbocycles. The number of hydrogen-bond acceptors (Lipinski definition) is 2. The summed E-state index contributed by atoms with van der Waals surface area (Å²) in [5, 5.41) is 2.47. The quantitative estimate of drug-likeness (QED) is 0.489. The number of carbonyl (C=O) groups is 1. The van der Waals surface area contributed by atoms with Gasteiger partial charge in [-0.25, -0.2) is 9.98 Å². The molecule has 0 radical (unpaired) electrons. The van der Waals surface area contributed by atoms with Crippen molar-refractivity contribution < 1.29 is 4.79 Å². The van der Waals surface area contributed by atoms with E-state index >= 15 is 0 Å². The number of rotatable bonds is 3. The van der Waals surface area contributed by atoms with Gasteiger partial charge in [0.15, 0.2) is 0 Å². The lowest BCUT2D eigenvalue weighted by Crippen LogP contribution is -2.20. The van der Waals surface area contributed by atoms with Crippen molar-refractivity contribution >= 4 is 18.5 Å². The van der Waals surface area contributed by atoms with Crippen LogP contribution < -0.4 is 5.32 Å². The molecule has 66 valence electrons. The molecule has 0 aromatic heterocycles. The first-order valence-corrected chi connectivity index (χ1v) is 3.59. The molecule has 0 rings (SSSR count). The second-order valence-corrected chi connectivity index (χ2v) is 2.04. The van der Waals surface area contributed by atoms with Gasteiger partial charge < -0.3 is 5.32 Å². The van der Waals surface area contributed by atoms with E-state index in [2.05, 4.69) is 22.0 Å². The molecule has 12 heavy (non-hydrogen) atoms. The molecule has 0 fully saturated rings. The second-order valence-electron chi connectivity index (χ2n) is 2.04. The predicted molar refractivity (Wildman–Crippen MR) is 50.5 cm³/mol. The smallest absolute Gasteiger partial charge is 0.227 e. The minimum absolute atomic E-state index is 0.120. The number of amidine groups is 1. The van der Waals surface area contributed by atoms with Crippen LogP contribution in [-0.2, 0) is 4.79 Å². The van der Waals surface area contributed by atoms with Gasteiger partial charge in [-0.05, 0) is 13.6 Å². The zero-order chi connectivity index (χ0) is 9.40. The Morgan fingerprint density at radius 1 is 1.67 bits per heavy atom. The first-order valence-electron chi connectivity index (χ1n) is 3.59. The topological polar surface area (TPSA) is 53.8 Å². The molecule has 0 bridgehead atoms. The number of hydrogen-bond donors (Lipinski definition) is 1. The Balaban J connectivity index is 4.17. The summed E-state index contributed by atoms with van der Waals surface area (Å²) in [5.41, 5.74) is 0. The maximum absolute atomic E-state index is 10.8. The minimum atomic E-state index is -0.120. The van der Waals surface area contributed by atoms with Crippen LogP contribution in [0.15, 0.2) is 22.3 Å². The van der Waals surface area contributed by atoms with E-state index in [4.69, 9.17) is 0 Å². The Morgan fingerprint density at radius 3 is 2.75 bits per heavy atom. The molecule has 0 atom stereocenters. The molecule has 0 aliphatic heterocycles. The van der Waals surface area contributed by atoms with Crippen LogP contribution in [0.5, 0.6) is 0 Å². The normalized spacial score (nSPS) is 11.7. The molecule has 0 spiro atoms. The molecule has 1 N–H and O–H groups in total. The Bertz CT molecular complexity index is 218. The molecule has 0 heterocycles. The monoisotopic (exact) mass is 167 g/mol. The average Bonchev–Trinajstić information content (AvgIpc) is 2.11. The van der Waals surface area contributed by atoms with E-state index in [1.54, 1.807) is 19.3 Å². The molecule has 0 saturated heterocycles. The molecule has 4 nitrogen and oxygen atoms in total. The van der Waals surface area contributed by atoms with Crippen molar-refractivity contribution in [1.29, 1.82) is 0 Å². The van der Waals surface area contributed by atoms with Crippen molar-refractivity contribution in [2.45, 2.75) is 13.3 Å². The fourth-order valence-electron chi connectivity index (χ4n) is 0.535. The van der Waals surface area contributed by atoms with Crippen LogP contribution in [0, 0.1) is 0 Å². The van der Waals surface area contributed by atoms with Gasteiger partial charge in [0.2, 0.25) is 5.91 Å². The van der Waals surface area contributed by atoms with Crippen LogP contribution in [0.2, 0.25) is 0 Å². The van der Waals surface area contributed by atoms with Crippen molar-refractivity contribution in [3.8, 4) is 0 Å². The van der Waals surface area contributed by atoms with Gasteiger partial charge in [-0.3, -0.25) is 4.79 Å². The zero-order valence-electron chi connectivity index (χ0n) is 7.37. The molecular weight excluding hydrogens is 154 g/mol. The summed E-state index contributed by atoms with van der Waals surface area (Å²) in [6.45, 7) is 5.14. The van der Waals surface area contributed by atoms with Crippen LogP contribution in [-0.4, -0.2) is 25.5 Å². The number of aliphatic imine (C=N–C) groups is 2. The number of nitrogens with zero attached hydrogens (tertiary/aromatic N) is 2. The number of carbonyl (C=O) groups excluding carboxylic acids is 1. The highest BCUT2D eigenvalue weighted by atomic mass is 16.1. The first-order chi connectivity index (χ1) is 5.74. The SMILES string of the molecule is C=NC(CC(=O)NC)=N/C=C\C. The maximum Gasteiger partial charge on any atom is 0.227 e. The molecule has 0 aliphatic rings. The lowest BCUT2D eigenvalue weighted by molar-refractivity contribution is -0.119. The summed E-state index contributed by atoms with van der Waals surface area (Å²) in [7, 11) is 1.57. The highest BCUT2D eigenvalue weighted by Crippen LogP contribution is 1.89. The van der Waals surface area contributed by atoms with Crippen LogP contribution in [0.1, 0.15) is 13.3 Å². The van der Waals surface area contributed by atoms with E-state index in [9.17, 15) is 4.79 Å². The number of nitrogens with one attached hydrogen (secondary N) is 1. The minimum Gasteiger partial charge on any atom is -0.359 e. The fourth-order valence-corrected chi connectivity index (χ4v) is 0.535. The van der Waals surface area contributed by atoms with Crippen molar-refractivity contribution in [2.75, 3.05) is 7.05 Å². The van der Waals surface area contributed by atoms with E-state index in [1.165, 1.54) is 0 Å². The van der Waals surface area contributed by atoms with Gasteiger partial charge in [-0.1, -0.05) is 6.08 Å². The largest absolute Gasteiger partial charge is 0.359 e. The summed E-state index contributed by atoms with van der Waals surface area (Å²) in [6.07, 6.45) is 3.51. The van der Waals surface area contributed by atoms with Crippen molar-refractivity contribution in [2.24, 2.45) is 9.98 Å². The van der Waals surface area contributed by atoms with E-state index in [0.717, 1.165) is 0 Å². The highest BCUT2D eigenvalue weighted by molar-refractivity contribution is 6.01. The van der Waals surface area contributed by atoms with Gasteiger partial charge in [0.25, 0.3) is 0 Å².